The molecular formula is C26H28N2O4S. The van der Waals surface area contributed by atoms with Gasteiger partial charge in [-0.15, -0.1) is 11.8 Å². The molecule has 1 unspecified atom stereocenters. The molecule has 0 fully saturated rings. The summed E-state index contributed by atoms with van der Waals surface area (Å²) in [5, 5.41) is 5.38. The third-order valence-corrected chi connectivity index (χ3v) is 6.09. The molecule has 3 aromatic carbocycles. The maximum absolute atomic E-state index is 13.3. The largest absolute Gasteiger partial charge is 0.497 e. The van der Waals surface area contributed by atoms with Gasteiger partial charge in [0.1, 0.15) is 16.7 Å². The van der Waals surface area contributed by atoms with Gasteiger partial charge in [0.2, 0.25) is 11.8 Å². The van der Waals surface area contributed by atoms with E-state index in [0.29, 0.717) is 23.6 Å². The van der Waals surface area contributed by atoms with Gasteiger partial charge in [-0.2, -0.15) is 0 Å². The van der Waals surface area contributed by atoms with Gasteiger partial charge in [0.25, 0.3) is 0 Å². The molecule has 3 rings (SSSR count). The van der Waals surface area contributed by atoms with Crippen LogP contribution >= 0.6 is 11.8 Å². The van der Waals surface area contributed by atoms with Crippen LogP contribution in [0.5, 0.6) is 11.5 Å². The van der Waals surface area contributed by atoms with Gasteiger partial charge >= 0.3 is 0 Å². The molecule has 2 N–H and O–H groups in total. The van der Waals surface area contributed by atoms with Crippen molar-refractivity contribution in [2.24, 2.45) is 0 Å². The lowest BCUT2D eigenvalue weighted by Crippen LogP contribution is -2.19. The molecule has 1 atom stereocenters. The molecule has 0 heterocycles. The van der Waals surface area contributed by atoms with Gasteiger partial charge in [-0.1, -0.05) is 37.3 Å². The van der Waals surface area contributed by atoms with E-state index < -0.39 is 5.25 Å². The third kappa shape index (κ3) is 7.02. The van der Waals surface area contributed by atoms with Crippen LogP contribution < -0.4 is 20.1 Å². The van der Waals surface area contributed by atoms with Crippen molar-refractivity contribution in [2.45, 2.75) is 29.9 Å². The highest BCUT2D eigenvalue weighted by Crippen LogP contribution is 2.37. The minimum atomic E-state index is -0.482. The minimum absolute atomic E-state index is 0.00633. The Morgan fingerprint density at radius 1 is 0.848 bits per heavy atom. The first-order valence-electron chi connectivity index (χ1n) is 10.7. The van der Waals surface area contributed by atoms with Gasteiger partial charge in [-0.3, -0.25) is 9.59 Å². The van der Waals surface area contributed by atoms with Gasteiger partial charge in [-0.05, 0) is 36.2 Å². The van der Waals surface area contributed by atoms with E-state index in [4.69, 9.17) is 9.47 Å². The molecular weight excluding hydrogens is 436 g/mol. The molecule has 0 saturated heterocycles. The zero-order chi connectivity index (χ0) is 23.6. The average Bonchev–Trinajstić information content (AvgIpc) is 2.83. The topological polar surface area (TPSA) is 76.7 Å². The van der Waals surface area contributed by atoms with Crippen molar-refractivity contribution in [3.8, 4) is 11.5 Å². The van der Waals surface area contributed by atoms with E-state index in [9.17, 15) is 9.59 Å². The van der Waals surface area contributed by atoms with Crippen molar-refractivity contribution in [1.82, 2.24) is 0 Å². The summed E-state index contributed by atoms with van der Waals surface area (Å²) in [5.74, 6) is 1.01. The summed E-state index contributed by atoms with van der Waals surface area (Å²) in [6.45, 7) is 1.97. The van der Waals surface area contributed by atoms with E-state index in [2.05, 4.69) is 10.6 Å². The molecule has 0 aliphatic heterocycles. The Bertz CT molecular complexity index is 1050. The lowest BCUT2D eigenvalue weighted by molar-refractivity contribution is -0.116. The molecule has 0 spiro atoms. The van der Waals surface area contributed by atoms with Crippen molar-refractivity contribution >= 4 is 35.0 Å². The average molecular weight is 465 g/mol. The minimum Gasteiger partial charge on any atom is -0.497 e. The zero-order valence-electron chi connectivity index (χ0n) is 19.0. The van der Waals surface area contributed by atoms with Crippen molar-refractivity contribution in [2.75, 3.05) is 24.9 Å². The van der Waals surface area contributed by atoms with E-state index in [0.717, 1.165) is 22.6 Å². The Hall–Kier alpha value is -3.45. The number of nitrogens with one attached hydrogen (secondary N) is 2. The summed E-state index contributed by atoms with van der Waals surface area (Å²) in [7, 11) is 3.13. The first kappa shape index (κ1) is 24.2. The van der Waals surface area contributed by atoms with Gasteiger partial charge in [-0.25, -0.2) is 0 Å². The second-order valence-electron chi connectivity index (χ2n) is 7.32. The second kappa shape index (κ2) is 12.0. The maximum atomic E-state index is 13.3. The molecule has 172 valence electrons. The summed E-state index contributed by atoms with van der Waals surface area (Å²) < 4.78 is 10.6. The fourth-order valence-electron chi connectivity index (χ4n) is 3.19. The Morgan fingerprint density at radius 3 is 2.06 bits per heavy atom. The number of carbonyl (C=O) groups excluding carboxylic acids is 2. The van der Waals surface area contributed by atoms with Crippen LogP contribution in [0, 0.1) is 0 Å². The number of ether oxygens (including phenoxy) is 2. The molecule has 0 bridgehead atoms. The molecule has 0 aliphatic carbocycles. The summed E-state index contributed by atoms with van der Waals surface area (Å²) >= 11 is 1.44. The Balaban J connectivity index is 1.80. The number of benzene rings is 3. The van der Waals surface area contributed by atoms with E-state index in [1.165, 1.54) is 11.8 Å². The Morgan fingerprint density at radius 2 is 1.48 bits per heavy atom. The summed E-state index contributed by atoms with van der Waals surface area (Å²) in [4.78, 5) is 26.1. The highest BCUT2D eigenvalue weighted by molar-refractivity contribution is 8.00. The highest BCUT2D eigenvalue weighted by atomic mass is 32.2. The highest BCUT2D eigenvalue weighted by Gasteiger charge is 2.22. The van der Waals surface area contributed by atoms with E-state index in [1.807, 2.05) is 61.5 Å². The van der Waals surface area contributed by atoms with Gasteiger partial charge in [0.05, 0.1) is 14.2 Å². The second-order valence-corrected chi connectivity index (χ2v) is 8.50. The standard InChI is InChI=1S/C26H28N2O4S/c1-4-8-24(29)27-19-11-13-23(14-12-19)33-25(18-9-6-5-7-10-18)26(30)28-20-15-21(31-2)17-22(16-20)32-3/h5-7,9-17,25H,4,8H2,1-3H3,(H,27,29)(H,28,30). The summed E-state index contributed by atoms with van der Waals surface area (Å²) in [6, 6.07) is 22.4. The normalized spacial score (nSPS) is 11.4. The predicted molar refractivity (Wildman–Crippen MR) is 133 cm³/mol. The van der Waals surface area contributed by atoms with Crippen LogP contribution in [0.4, 0.5) is 11.4 Å². The Labute approximate surface area is 198 Å². The molecule has 7 heteroatoms. The van der Waals surface area contributed by atoms with Gasteiger partial charge in [0.15, 0.2) is 0 Å². The number of thioether (sulfide) groups is 1. The van der Waals surface area contributed by atoms with Crippen molar-refractivity contribution < 1.29 is 19.1 Å². The molecule has 0 aromatic heterocycles. The lowest BCUT2D eigenvalue weighted by Gasteiger charge is -2.18. The van der Waals surface area contributed by atoms with Crippen LogP contribution in [0.1, 0.15) is 30.6 Å². The predicted octanol–water partition coefficient (Wildman–Crippen LogP) is 5.91. The number of carbonyl (C=O) groups is 2. The van der Waals surface area contributed by atoms with E-state index in [-0.39, 0.29) is 11.8 Å². The smallest absolute Gasteiger partial charge is 0.242 e. The first-order chi connectivity index (χ1) is 16.0. The molecule has 0 radical (unpaired) electrons. The van der Waals surface area contributed by atoms with E-state index >= 15 is 0 Å². The quantitative estimate of drug-likeness (QED) is 0.365. The fourth-order valence-corrected chi connectivity index (χ4v) is 4.22. The monoisotopic (exact) mass is 464 g/mol. The first-order valence-corrected chi connectivity index (χ1v) is 11.6. The Kier molecular flexibility index (Phi) is 8.78. The summed E-state index contributed by atoms with van der Waals surface area (Å²) in [6.07, 6.45) is 1.29. The molecule has 0 saturated carbocycles. The number of methoxy groups -OCH3 is 2. The fraction of sp³-hybridized carbons (Fsp3) is 0.231. The lowest BCUT2D eigenvalue weighted by atomic mass is 10.1. The molecule has 3 aromatic rings. The van der Waals surface area contributed by atoms with Crippen LogP contribution in [-0.4, -0.2) is 26.0 Å². The van der Waals surface area contributed by atoms with Crippen molar-refractivity contribution in [3.05, 3.63) is 78.4 Å². The maximum Gasteiger partial charge on any atom is 0.242 e. The van der Waals surface area contributed by atoms with Crippen LogP contribution in [0.3, 0.4) is 0 Å². The van der Waals surface area contributed by atoms with Crippen LogP contribution in [-0.2, 0) is 9.59 Å². The number of rotatable bonds is 10. The number of anilines is 2. The van der Waals surface area contributed by atoms with Gasteiger partial charge < -0.3 is 20.1 Å². The van der Waals surface area contributed by atoms with E-state index in [1.54, 1.807) is 32.4 Å². The van der Waals surface area contributed by atoms with Crippen LogP contribution in [0.15, 0.2) is 77.7 Å². The molecule has 2 amide bonds. The van der Waals surface area contributed by atoms with Crippen molar-refractivity contribution in [3.63, 3.8) is 0 Å². The van der Waals surface area contributed by atoms with Crippen LogP contribution in [0.2, 0.25) is 0 Å². The van der Waals surface area contributed by atoms with Crippen LogP contribution in [0.25, 0.3) is 0 Å². The number of hydrogen-bond acceptors (Lipinski definition) is 5. The molecule has 6 nitrogen and oxygen atoms in total. The number of amides is 2. The van der Waals surface area contributed by atoms with Crippen molar-refractivity contribution in [1.29, 1.82) is 0 Å². The van der Waals surface area contributed by atoms with Gasteiger partial charge in [0, 0.05) is 40.9 Å². The SMILES string of the molecule is CCCC(=O)Nc1ccc(SC(C(=O)Nc2cc(OC)cc(OC)c2)c2ccccc2)cc1. The third-order valence-electron chi connectivity index (χ3n) is 4.83. The molecule has 33 heavy (non-hydrogen) atoms. The molecule has 0 aliphatic rings. The summed E-state index contributed by atoms with van der Waals surface area (Å²) in [5.41, 5.74) is 2.21. The zero-order valence-corrected chi connectivity index (χ0v) is 19.8. The number of hydrogen-bond donors (Lipinski definition) is 2.